The van der Waals surface area contributed by atoms with Crippen LogP contribution < -0.4 is 5.32 Å². The van der Waals surface area contributed by atoms with E-state index in [4.69, 9.17) is 4.74 Å². The molecule has 2 aromatic rings. The monoisotopic (exact) mass is 329 g/mol. The molecule has 24 heavy (non-hydrogen) atoms. The van der Waals surface area contributed by atoms with Crippen LogP contribution in [0.5, 0.6) is 0 Å². The highest BCUT2D eigenvalue weighted by Crippen LogP contribution is 2.21. The number of carbonyl (C=O) groups is 1. The fourth-order valence-corrected chi connectivity index (χ4v) is 2.81. The quantitative estimate of drug-likeness (QED) is 0.912. The number of carbonyl (C=O) groups excluding carboxylic acids is 1. The van der Waals surface area contributed by atoms with Crippen LogP contribution in [-0.2, 0) is 4.74 Å². The van der Waals surface area contributed by atoms with E-state index < -0.39 is 0 Å². The number of morpholine rings is 1. The van der Waals surface area contributed by atoms with Crippen LogP contribution >= 0.6 is 0 Å². The maximum Gasteiger partial charge on any atom is 0.269 e. The summed E-state index contributed by atoms with van der Waals surface area (Å²) in [5.74, 6) is -0.479. The van der Waals surface area contributed by atoms with E-state index in [-0.39, 0.29) is 17.8 Å². The van der Waals surface area contributed by atoms with Crippen molar-refractivity contribution in [1.29, 1.82) is 0 Å². The fourth-order valence-electron chi connectivity index (χ4n) is 2.81. The zero-order valence-electron chi connectivity index (χ0n) is 13.3. The van der Waals surface area contributed by atoms with Crippen LogP contribution in [0.2, 0.25) is 0 Å². The number of halogens is 1. The van der Waals surface area contributed by atoms with E-state index in [1.807, 2.05) is 0 Å². The number of hydrogen-bond donors (Lipinski definition) is 1. The first kappa shape index (κ1) is 16.5. The number of hydrogen-bond acceptors (Lipinski definition) is 4. The highest BCUT2D eigenvalue weighted by molar-refractivity contribution is 5.92. The number of pyridine rings is 1. The van der Waals surface area contributed by atoms with Gasteiger partial charge in [0.1, 0.15) is 11.5 Å². The number of amides is 1. The van der Waals surface area contributed by atoms with Crippen LogP contribution in [0.15, 0.2) is 48.7 Å². The van der Waals surface area contributed by atoms with Gasteiger partial charge in [0.2, 0.25) is 0 Å². The van der Waals surface area contributed by atoms with E-state index in [1.54, 1.807) is 36.5 Å². The van der Waals surface area contributed by atoms with Gasteiger partial charge in [-0.3, -0.25) is 14.7 Å². The van der Waals surface area contributed by atoms with Gasteiger partial charge in [0.15, 0.2) is 0 Å². The maximum atomic E-state index is 13.2. The minimum atomic E-state index is -0.267. The van der Waals surface area contributed by atoms with E-state index in [0.717, 1.165) is 18.7 Å². The maximum absolute atomic E-state index is 13.2. The third kappa shape index (κ3) is 4.15. The molecule has 1 aliphatic rings. The molecular weight excluding hydrogens is 309 g/mol. The van der Waals surface area contributed by atoms with Gasteiger partial charge in [-0.2, -0.15) is 0 Å². The van der Waals surface area contributed by atoms with E-state index in [9.17, 15) is 9.18 Å². The molecule has 126 valence electrons. The normalized spacial score (nSPS) is 16.5. The van der Waals surface area contributed by atoms with Crippen LogP contribution in [0, 0.1) is 5.82 Å². The first-order valence-electron chi connectivity index (χ1n) is 8.00. The van der Waals surface area contributed by atoms with E-state index in [0.29, 0.717) is 25.5 Å². The molecule has 5 nitrogen and oxygen atoms in total. The molecule has 6 heteroatoms. The van der Waals surface area contributed by atoms with Gasteiger partial charge in [-0.1, -0.05) is 18.2 Å². The lowest BCUT2D eigenvalue weighted by Gasteiger charge is -2.34. The standard InChI is InChI=1S/C18H20FN3O2/c19-15-6-4-14(5-7-15)17(22-9-11-24-12-10-22)13-21-18(23)16-3-1-2-8-20-16/h1-8,17H,9-13H2,(H,21,23). The van der Waals surface area contributed by atoms with Crippen molar-refractivity contribution < 1.29 is 13.9 Å². The predicted octanol–water partition coefficient (Wildman–Crippen LogP) is 2.02. The molecule has 1 aromatic heterocycles. The molecule has 0 bridgehead atoms. The van der Waals surface area contributed by atoms with Gasteiger partial charge in [0.05, 0.1) is 19.3 Å². The number of ether oxygens (including phenoxy) is 1. The van der Waals surface area contributed by atoms with Gasteiger partial charge < -0.3 is 10.1 Å². The first-order valence-corrected chi connectivity index (χ1v) is 8.00. The topological polar surface area (TPSA) is 54.5 Å². The Morgan fingerprint density at radius 3 is 2.62 bits per heavy atom. The van der Waals surface area contributed by atoms with E-state index in [1.165, 1.54) is 12.1 Å². The average Bonchev–Trinajstić information content (AvgIpc) is 2.65. The molecule has 1 aliphatic heterocycles. The molecule has 1 fully saturated rings. The SMILES string of the molecule is O=C(NCC(c1ccc(F)cc1)N1CCOCC1)c1ccccn1. The van der Waals surface area contributed by atoms with Crippen LogP contribution in [0.1, 0.15) is 22.1 Å². The Morgan fingerprint density at radius 2 is 1.96 bits per heavy atom. The Bertz CT molecular complexity index is 658. The smallest absolute Gasteiger partial charge is 0.269 e. The lowest BCUT2D eigenvalue weighted by atomic mass is 10.0. The molecule has 1 N–H and O–H groups in total. The zero-order valence-corrected chi connectivity index (χ0v) is 13.3. The van der Waals surface area contributed by atoms with Crippen molar-refractivity contribution in [2.45, 2.75) is 6.04 Å². The average molecular weight is 329 g/mol. The number of rotatable bonds is 5. The molecule has 1 atom stereocenters. The van der Waals surface area contributed by atoms with Crippen molar-refractivity contribution in [2.24, 2.45) is 0 Å². The second kappa shape index (κ2) is 7.99. The summed E-state index contributed by atoms with van der Waals surface area (Å²) in [7, 11) is 0. The third-order valence-electron chi connectivity index (χ3n) is 4.09. The van der Waals surface area contributed by atoms with Crippen molar-refractivity contribution in [3.05, 3.63) is 65.7 Å². The lowest BCUT2D eigenvalue weighted by Crippen LogP contribution is -2.43. The van der Waals surface area contributed by atoms with Crippen molar-refractivity contribution in [3.8, 4) is 0 Å². The van der Waals surface area contributed by atoms with Crippen molar-refractivity contribution >= 4 is 5.91 Å². The number of nitrogens with one attached hydrogen (secondary N) is 1. The Balaban J connectivity index is 1.72. The third-order valence-corrected chi connectivity index (χ3v) is 4.09. The van der Waals surface area contributed by atoms with Gasteiger partial charge in [0, 0.05) is 25.8 Å². The van der Waals surface area contributed by atoms with Gasteiger partial charge in [-0.25, -0.2) is 4.39 Å². The summed E-state index contributed by atoms with van der Waals surface area (Å²) in [6.07, 6.45) is 1.59. The molecule has 1 aromatic carbocycles. The summed E-state index contributed by atoms with van der Waals surface area (Å²) in [5.41, 5.74) is 1.36. The summed E-state index contributed by atoms with van der Waals surface area (Å²) >= 11 is 0. The lowest BCUT2D eigenvalue weighted by molar-refractivity contribution is 0.0162. The summed E-state index contributed by atoms with van der Waals surface area (Å²) in [6.45, 7) is 3.31. The first-order chi connectivity index (χ1) is 11.7. The molecular formula is C18H20FN3O2. The Labute approximate surface area is 140 Å². The van der Waals surface area contributed by atoms with E-state index in [2.05, 4.69) is 15.2 Å². The molecule has 0 spiro atoms. The minimum absolute atomic E-state index is 0.0258. The van der Waals surface area contributed by atoms with Crippen LogP contribution in [0.3, 0.4) is 0 Å². The van der Waals surface area contributed by atoms with Crippen molar-refractivity contribution in [3.63, 3.8) is 0 Å². The van der Waals surface area contributed by atoms with Gasteiger partial charge >= 0.3 is 0 Å². The summed E-state index contributed by atoms with van der Waals surface area (Å²) in [6, 6.07) is 11.6. The number of nitrogens with zero attached hydrogens (tertiary/aromatic N) is 2. The highest BCUT2D eigenvalue weighted by Gasteiger charge is 2.23. The zero-order chi connectivity index (χ0) is 16.8. The van der Waals surface area contributed by atoms with Gasteiger partial charge in [-0.15, -0.1) is 0 Å². The molecule has 1 unspecified atom stereocenters. The second-order valence-corrected chi connectivity index (χ2v) is 5.64. The Morgan fingerprint density at radius 1 is 1.21 bits per heavy atom. The van der Waals surface area contributed by atoms with Crippen LogP contribution in [0.25, 0.3) is 0 Å². The Kier molecular flexibility index (Phi) is 5.51. The van der Waals surface area contributed by atoms with Gasteiger partial charge in [0.25, 0.3) is 5.91 Å². The molecule has 0 saturated carbocycles. The largest absolute Gasteiger partial charge is 0.379 e. The van der Waals surface area contributed by atoms with E-state index >= 15 is 0 Å². The van der Waals surface area contributed by atoms with Crippen molar-refractivity contribution in [2.75, 3.05) is 32.8 Å². The molecule has 0 aliphatic carbocycles. The minimum Gasteiger partial charge on any atom is -0.379 e. The summed E-state index contributed by atoms with van der Waals surface area (Å²) in [5, 5.41) is 2.93. The molecule has 2 heterocycles. The molecule has 1 saturated heterocycles. The van der Waals surface area contributed by atoms with Gasteiger partial charge in [-0.05, 0) is 29.8 Å². The fraction of sp³-hybridized carbons (Fsp3) is 0.333. The molecule has 1 amide bonds. The summed E-state index contributed by atoms with van der Waals surface area (Å²) in [4.78, 5) is 18.5. The second-order valence-electron chi connectivity index (χ2n) is 5.64. The number of aromatic nitrogens is 1. The molecule has 0 radical (unpaired) electrons. The van der Waals surface area contributed by atoms with Crippen LogP contribution in [-0.4, -0.2) is 48.6 Å². The number of benzene rings is 1. The highest BCUT2D eigenvalue weighted by atomic mass is 19.1. The molecule has 3 rings (SSSR count). The predicted molar refractivity (Wildman–Crippen MR) is 88.1 cm³/mol. The summed E-state index contributed by atoms with van der Waals surface area (Å²) < 4.78 is 18.6. The van der Waals surface area contributed by atoms with Crippen molar-refractivity contribution in [1.82, 2.24) is 15.2 Å². The van der Waals surface area contributed by atoms with Crippen LogP contribution in [0.4, 0.5) is 4.39 Å². The Hall–Kier alpha value is -2.31.